The molecule has 2 aliphatic heterocycles. The summed E-state index contributed by atoms with van der Waals surface area (Å²) < 4.78 is 5.63. The van der Waals surface area contributed by atoms with Crippen LogP contribution in [0.25, 0.3) is 16.7 Å². The van der Waals surface area contributed by atoms with Crippen molar-refractivity contribution >= 4 is 5.57 Å². The van der Waals surface area contributed by atoms with Crippen LogP contribution in [0.4, 0.5) is 0 Å². The minimum Gasteiger partial charge on any atom is -0.378 e. The van der Waals surface area contributed by atoms with Gasteiger partial charge in [-0.2, -0.15) is 0 Å². The maximum Gasteiger partial charge on any atom is 0.0656 e. The fraction of sp³-hybridized carbons (Fsp3) is 0.263. The lowest BCUT2D eigenvalue weighted by Crippen LogP contribution is -2.50. The van der Waals surface area contributed by atoms with E-state index in [0.29, 0.717) is 12.1 Å². The predicted molar refractivity (Wildman–Crippen MR) is 86.0 cm³/mol. The normalized spacial score (nSPS) is 24.5. The van der Waals surface area contributed by atoms with Gasteiger partial charge in [-0.05, 0) is 28.7 Å². The Bertz CT molecular complexity index is 662. The highest BCUT2D eigenvalue weighted by Crippen LogP contribution is 2.33. The number of rotatable bonds is 2. The van der Waals surface area contributed by atoms with Gasteiger partial charge in [0.25, 0.3) is 0 Å². The van der Waals surface area contributed by atoms with E-state index in [-0.39, 0.29) is 0 Å². The van der Waals surface area contributed by atoms with Crippen molar-refractivity contribution in [3.05, 3.63) is 66.2 Å². The molecule has 2 nitrogen and oxygen atoms in total. The standard InChI is InChI=1S/C19H19NO/c1-2-6-14(7-3-1)18-8-4-5-9-19(18)15-10-16-12-21-13-17(11-15)20-16/h1-10,16-17,20H,11-13H2. The molecule has 2 aromatic carbocycles. The van der Waals surface area contributed by atoms with Crippen molar-refractivity contribution in [1.82, 2.24) is 5.32 Å². The second-order valence-corrected chi connectivity index (χ2v) is 5.82. The summed E-state index contributed by atoms with van der Waals surface area (Å²) >= 11 is 0. The van der Waals surface area contributed by atoms with E-state index in [1.807, 2.05) is 0 Å². The van der Waals surface area contributed by atoms with E-state index >= 15 is 0 Å². The largest absolute Gasteiger partial charge is 0.378 e. The van der Waals surface area contributed by atoms with Crippen molar-refractivity contribution in [3.8, 4) is 11.1 Å². The zero-order valence-corrected chi connectivity index (χ0v) is 12.0. The van der Waals surface area contributed by atoms with Crippen LogP contribution in [-0.2, 0) is 4.74 Å². The molecule has 106 valence electrons. The van der Waals surface area contributed by atoms with E-state index in [1.165, 1.54) is 22.3 Å². The van der Waals surface area contributed by atoms with Gasteiger partial charge in [-0.15, -0.1) is 0 Å². The van der Waals surface area contributed by atoms with Crippen LogP contribution in [0.15, 0.2) is 60.7 Å². The number of fused-ring (bicyclic) bond motifs is 2. The highest BCUT2D eigenvalue weighted by Gasteiger charge is 2.27. The van der Waals surface area contributed by atoms with Crippen LogP contribution in [0.1, 0.15) is 12.0 Å². The summed E-state index contributed by atoms with van der Waals surface area (Å²) in [6.07, 6.45) is 3.39. The first-order chi connectivity index (χ1) is 10.4. The lowest BCUT2D eigenvalue weighted by molar-refractivity contribution is 0.0561. The molecule has 2 aliphatic rings. The Kier molecular flexibility index (Phi) is 3.34. The first-order valence-corrected chi connectivity index (χ1v) is 7.59. The first kappa shape index (κ1) is 12.8. The molecule has 4 rings (SSSR count). The lowest BCUT2D eigenvalue weighted by atomic mass is 9.87. The number of morpholine rings is 1. The molecule has 1 saturated heterocycles. The summed E-state index contributed by atoms with van der Waals surface area (Å²) in [6, 6.07) is 20.2. The summed E-state index contributed by atoms with van der Waals surface area (Å²) in [7, 11) is 0. The van der Waals surface area contributed by atoms with Crippen LogP contribution in [0.3, 0.4) is 0 Å². The molecule has 0 amide bonds. The van der Waals surface area contributed by atoms with E-state index in [2.05, 4.69) is 66.0 Å². The van der Waals surface area contributed by atoms with Crippen LogP contribution < -0.4 is 5.32 Å². The van der Waals surface area contributed by atoms with Crippen molar-refractivity contribution in [3.63, 3.8) is 0 Å². The fourth-order valence-corrected chi connectivity index (χ4v) is 3.36. The Balaban J connectivity index is 1.78. The Morgan fingerprint density at radius 2 is 1.62 bits per heavy atom. The Labute approximate surface area is 125 Å². The quantitative estimate of drug-likeness (QED) is 0.907. The Morgan fingerprint density at radius 3 is 2.43 bits per heavy atom. The van der Waals surface area contributed by atoms with Gasteiger partial charge in [-0.3, -0.25) is 0 Å². The molecule has 2 unspecified atom stereocenters. The topological polar surface area (TPSA) is 21.3 Å². The number of nitrogens with one attached hydrogen (secondary N) is 1. The Hall–Kier alpha value is -1.90. The van der Waals surface area contributed by atoms with Crippen molar-refractivity contribution in [1.29, 1.82) is 0 Å². The van der Waals surface area contributed by atoms with Gasteiger partial charge in [0.05, 0.1) is 13.2 Å². The van der Waals surface area contributed by atoms with Gasteiger partial charge < -0.3 is 10.1 Å². The summed E-state index contributed by atoms with van der Waals surface area (Å²) in [5, 5.41) is 3.61. The zero-order valence-electron chi connectivity index (χ0n) is 12.0. The second-order valence-electron chi connectivity index (χ2n) is 5.82. The van der Waals surface area contributed by atoms with Gasteiger partial charge in [0.15, 0.2) is 0 Å². The summed E-state index contributed by atoms with van der Waals surface area (Å²) in [5.74, 6) is 0. The van der Waals surface area contributed by atoms with Crippen molar-refractivity contribution < 1.29 is 4.74 Å². The highest BCUT2D eigenvalue weighted by molar-refractivity contribution is 5.82. The minimum atomic E-state index is 0.358. The zero-order chi connectivity index (χ0) is 14.1. The van der Waals surface area contributed by atoms with Gasteiger partial charge in [-0.1, -0.05) is 60.7 Å². The molecule has 21 heavy (non-hydrogen) atoms. The van der Waals surface area contributed by atoms with Crippen molar-refractivity contribution in [2.75, 3.05) is 13.2 Å². The van der Waals surface area contributed by atoms with E-state index in [0.717, 1.165) is 19.6 Å². The van der Waals surface area contributed by atoms with Gasteiger partial charge in [0.2, 0.25) is 0 Å². The molecular formula is C19H19NO. The van der Waals surface area contributed by atoms with Crippen LogP contribution in [0, 0.1) is 0 Å². The second kappa shape index (κ2) is 5.47. The monoisotopic (exact) mass is 277 g/mol. The average Bonchev–Trinajstić information content (AvgIpc) is 2.55. The third kappa shape index (κ3) is 2.53. The average molecular weight is 277 g/mol. The van der Waals surface area contributed by atoms with Crippen LogP contribution in [0.2, 0.25) is 0 Å². The van der Waals surface area contributed by atoms with Gasteiger partial charge >= 0.3 is 0 Å². The molecule has 2 heteroatoms. The number of hydrogen-bond donors (Lipinski definition) is 1. The van der Waals surface area contributed by atoms with Crippen LogP contribution in [-0.4, -0.2) is 25.3 Å². The van der Waals surface area contributed by atoms with E-state index in [4.69, 9.17) is 4.74 Å². The van der Waals surface area contributed by atoms with E-state index < -0.39 is 0 Å². The molecule has 2 heterocycles. The first-order valence-electron chi connectivity index (χ1n) is 7.59. The number of benzene rings is 2. The molecule has 1 fully saturated rings. The maximum atomic E-state index is 5.63. The van der Waals surface area contributed by atoms with E-state index in [1.54, 1.807) is 0 Å². The lowest BCUT2D eigenvalue weighted by Gasteiger charge is -2.35. The van der Waals surface area contributed by atoms with E-state index in [9.17, 15) is 0 Å². The van der Waals surface area contributed by atoms with Gasteiger partial charge in [-0.25, -0.2) is 0 Å². The number of hydrogen-bond acceptors (Lipinski definition) is 2. The SMILES string of the molecule is C1=C(c2ccccc2-c2ccccc2)CC2COCC1N2. The number of ether oxygens (including phenoxy) is 1. The molecule has 0 aromatic heterocycles. The van der Waals surface area contributed by atoms with Crippen LogP contribution in [0.5, 0.6) is 0 Å². The summed E-state index contributed by atoms with van der Waals surface area (Å²) in [4.78, 5) is 0. The van der Waals surface area contributed by atoms with Gasteiger partial charge in [0, 0.05) is 12.1 Å². The molecule has 1 N–H and O–H groups in total. The molecular weight excluding hydrogens is 258 g/mol. The summed E-state index contributed by atoms with van der Waals surface area (Å²) in [5.41, 5.74) is 5.42. The molecule has 0 aliphatic carbocycles. The predicted octanol–water partition coefficient (Wildman–Crippen LogP) is 3.50. The third-order valence-corrected chi connectivity index (χ3v) is 4.29. The Morgan fingerprint density at radius 1 is 0.857 bits per heavy atom. The molecule has 2 bridgehead atoms. The molecule has 2 aromatic rings. The third-order valence-electron chi connectivity index (χ3n) is 4.29. The van der Waals surface area contributed by atoms with Gasteiger partial charge in [0.1, 0.15) is 0 Å². The summed E-state index contributed by atoms with van der Waals surface area (Å²) in [6.45, 7) is 1.61. The molecule has 0 radical (unpaired) electrons. The van der Waals surface area contributed by atoms with Crippen molar-refractivity contribution in [2.24, 2.45) is 0 Å². The fourth-order valence-electron chi connectivity index (χ4n) is 3.36. The molecule has 0 saturated carbocycles. The highest BCUT2D eigenvalue weighted by atomic mass is 16.5. The van der Waals surface area contributed by atoms with Crippen molar-refractivity contribution in [2.45, 2.75) is 18.5 Å². The molecule has 0 spiro atoms. The molecule has 2 atom stereocenters. The minimum absolute atomic E-state index is 0.358. The smallest absolute Gasteiger partial charge is 0.0656 e. The maximum absolute atomic E-state index is 5.63. The van der Waals surface area contributed by atoms with Crippen LogP contribution >= 0.6 is 0 Å².